The van der Waals surface area contributed by atoms with E-state index in [1.54, 1.807) is 30.6 Å². The van der Waals surface area contributed by atoms with Crippen LogP contribution in [0, 0.1) is 0 Å². The van der Waals surface area contributed by atoms with Gasteiger partial charge in [0.1, 0.15) is 0 Å². The van der Waals surface area contributed by atoms with Gasteiger partial charge >= 0.3 is 0 Å². The van der Waals surface area contributed by atoms with E-state index in [1.807, 2.05) is 26.1 Å². The standard InChI is InChI=1S/C18H31N5O3S.HI/c1-15(14-26-4)21-18(19-2)20-13-16-7-5-6-8-17(16)27(24,25)23-11-9-22(3)10-12-23;/h5-8,15H,9-14H2,1-4H3,(H2,19,20,21);1H. The summed E-state index contributed by atoms with van der Waals surface area (Å²) in [5.74, 6) is 0.603. The minimum Gasteiger partial charge on any atom is -0.383 e. The third-order valence-electron chi connectivity index (χ3n) is 4.52. The minimum atomic E-state index is -3.52. The number of ether oxygens (including phenoxy) is 1. The van der Waals surface area contributed by atoms with Gasteiger partial charge in [0.2, 0.25) is 10.0 Å². The van der Waals surface area contributed by atoms with Gasteiger partial charge in [-0.15, -0.1) is 24.0 Å². The molecule has 1 aromatic rings. The number of methoxy groups -OCH3 is 1. The first kappa shape index (κ1) is 25.1. The summed E-state index contributed by atoms with van der Waals surface area (Å²) in [5.41, 5.74) is 0.721. The molecule has 2 N–H and O–H groups in total. The van der Waals surface area contributed by atoms with E-state index in [1.165, 1.54) is 0 Å². The molecule has 28 heavy (non-hydrogen) atoms. The Balaban J connectivity index is 0.00000392. The highest BCUT2D eigenvalue weighted by Crippen LogP contribution is 2.21. The van der Waals surface area contributed by atoms with E-state index < -0.39 is 10.0 Å². The zero-order valence-corrected chi connectivity index (χ0v) is 20.2. The number of nitrogens with one attached hydrogen (secondary N) is 2. The van der Waals surface area contributed by atoms with Crippen molar-refractivity contribution < 1.29 is 13.2 Å². The highest BCUT2D eigenvalue weighted by Gasteiger charge is 2.29. The van der Waals surface area contributed by atoms with Crippen molar-refractivity contribution in [2.75, 3.05) is 54.0 Å². The average Bonchev–Trinajstić information content (AvgIpc) is 2.66. The second kappa shape index (κ2) is 11.9. The molecule has 1 saturated heterocycles. The molecule has 0 spiro atoms. The fraction of sp³-hybridized carbons (Fsp3) is 0.611. The summed E-state index contributed by atoms with van der Waals surface area (Å²) in [4.78, 5) is 6.67. The Kier molecular flexibility index (Phi) is 10.7. The molecule has 2 rings (SSSR count). The molecule has 1 aliphatic rings. The predicted octanol–water partition coefficient (Wildman–Crippen LogP) is 0.941. The molecule has 0 aliphatic carbocycles. The molecule has 1 heterocycles. The first-order valence-corrected chi connectivity index (χ1v) is 10.5. The van der Waals surface area contributed by atoms with Crippen LogP contribution in [-0.4, -0.2) is 83.6 Å². The highest BCUT2D eigenvalue weighted by molar-refractivity contribution is 14.0. The number of benzene rings is 1. The molecule has 1 aromatic carbocycles. The largest absolute Gasteiger partial charge is 0.383 e. The molecular weight excluding hydrogens is 493 g/mol. The third-order valence-corrected chi connectivity index (χ3v) is 6.52. The number of rotatable bonds is 7. The fourth-order valence-corrected chi connectivity index (χ4v) is 4.61. The van der Waals surface area contributed by atoms with Crippen LogP contribution in [0.2, 0.25) is 0 Å². The lowest BCUT2D eigenvalue weighted by atomic mass is 10.2. The Hall–Kier alpha value is -0.950. The number of guanidine groups is 1. The van der Waals surface area contributed by atoms with Crippen LogP contribution in [0.15, 0.2) is 34.2 Å². The van der Waals surface area contributed by atoms with Gasteiger partial charge < -0.3 is 20.3 Å². The Labute approximate surface area is 185 Å². The van der Waals surface area contributed by atoms with Gasteiger partial charge in [-0.1, -0.05) is 18.2 Å². The van der Waals surface area contributed by atoms with Crippen molar-refractivity contribution in [1.82, 2.24) is 19.8 Å². The van der Waals surface area contributed by atoms with E-state index in [9.17, 15) is 8.42 Å². The van der Waals surface area contributed by atoms with E-state index in [2.05, 4.69) is 20.5 Å². The Bertz CT molecular complexity index is 736. The van der Waals surface area contributed by atoms with Crippen LogP contribution in [0.5, 0.6) is 0 Å². The molecule has 1 unspecified atom stereocenters. The average molecular weight is 525 g/mol. The van der Waals surface area contributed by atoms with Crippen molar-refractivity contribution >= 4 is 40.0 Å². The quantitative estimate of drug-likeness (QED) is 0.313. The van der Waals surface area contributed by atoms with Crippen molar-refractivity contribution in [2.24, 2.45) is 4.99 Å². The van der Waals surface area contributed by atoms with Crippen molar-refractivity contribution in [3.05, 3.63) is 29.8 Å². The van der Waals surface area contributed by atoms with Crippen LogP contribution in [0.25, 0.3) is 0 Å². The van der Waals surface area contributed by atoms with Crippen molar-refractivity contribution in [3.63, 3.8) is 0 Å². The van der Waals surface area contributed by atoms with Gasteiger partial charge in [-0.2, -0.15) is 4.31 Å². The van der Waals surface area contributed by atoms with Gasteiger partial charge in [-0.05, 0) is 25.6 Å². The Morgan fingerprint density at radius 3 is 2.50 bits per heavy atom. The second-order valence-corrected chi connectivity index (χ2v) is 8.65. The third kappa shape index (κ3) is 6.83. The molecule has 1 atom stereocenters. The molecule has 1 fully saturated rings. The summed E-state index contributed by atoms with van der Waals surface area (Å²) >= 11 is 0. The lowest BCUT2D eigenvalue weighted by Crippen LogP contribution is -2.47. The topological polar surface area (TPSA) is 86.3 Å². The van der Waals surface area contributed by atoms with E-state index in [0.717, 1.165) is 18.7 Å². The van der Waals surface area contributed by atoms with E-state index >= 15 is 0 Å². The number of halogens is 1. The minimum absolute atomic E-state index is 0. The smallest absolute Gasteiger partial charge is 0.243 e. The van der Waals surface area contributed by atoms with Gasteiger partial charge in [0, 0.05) is 52.9 Å². The number of nitrogens with zero attached hydrogens (tertiary/aromatic N) is 3. The van der Waals surface area contributed by atoms with Crippen LogP contribution in [0.4, 0.5) is 0 Å². The van der Waals surface area contributed by atoms with Crippen molar-refractivity contribution in [1.29, 1.82) is 0 Å². The molecule has 0 saturated carbocycles. The zero-order valence-electron chi connectivity index (χ0n) is 17.0. The number of hydrogen-bond donors (Lipinski definition) is 2. The van der Waals surface area contributed by atoms with Crippen LogP contribution in [-0.2, 0) is 21.3 Å². The molecule has 1 aliphatic heterocycles. The Morgan fingerprint density at radius 1 is 1.25 bits per heavy atom. The lowest BCUT2D eigenvalue weighted by Gasteiger charge is -2.32. The maximum Gasteiger partial charge on any atom is 0.243 e. The maximum atomic E-state index is 13.1. The number of hydrogen-bond acceptors (Lipinski definition) is 5. The number of likely N-dealkylation sites (N-methyl/N-ethyl adjacent to an activating group) is 1. The summed E-state index contributed by atoms with van der Waals surface area (Å²) < 4.78 is 32.9. The number of sulfonamides is 1. The molecular formula is C18H32IN5O3S. The maximum absolute atomic E-state index is 13.1. The SMILES string of the molecule is CN=C(NCc1ccccc1S(=O)(=O)N1CCN(C)CC1)NC(C)COC.I. The summed E-state index contributed by atoms with van der Waals surface area (Å²) in [7, 11) is 1.82. The van der Waals surface area contributed by atoms with Crippen molar-refractivity contribution in [3.8, 4) is 0 Å². The second-order valence-electron chi connectivity index (χ2n) is 6.74. The van der Waals surface area contributed by atoms with Gasteiger partial charge in [0.25, 0.3) is 0 Å². The Morgan fingerprint density at radius 2 is 1.89 bits per heavy atom. The summed E-state index contributed by atoms with van der Waals surface area (Å²) in [6.07, 6.45) is 0. The molecule has 0 aromatic heterocycles. The molecule has 0 radical (unpaired) electrons. The first-order valence-electron chi connectivity index (χ1n) is 9.11. The fourth-order valence-electron chi connectivity index (χ4n) is 2.97. The molecule has 160 valence electrons. The van der Waals surface area contributed by atoms with Crippen LogP contribution >= 0.6 is 24.0 Å². The van der Waals surface area contributed by atoms with Crippen LogP contribution < -0.4 is 10.6 Å². The van der Waals surface area contributed by atoms with Gasteiger partial charge in [-0.25, -0.2) is 8.42 Å². The normalized spacial score (nSPS) is 17.6. The van der Waals surface area contributed by atoms with Crippen molar-refractivity contribution in [2.45, 2.75) is 24.4 Å². The highest BCUT2D eigenvalue weighted by atomic mass is 127. The van der Waals surface area contributed by atoms with E-state index in [0.29, 0.717) is 37.1 Å². The predicted molar refractivity (Wildman–Crippen MR) is 123 cm³/mol. The van der Waals surface area contributed by atoms with Gasteiger partial charge in [0.05, 0.1) is 11.5 Å². The van der Waals surface area contributed by atoms with E-state index in [-0.39, 0.29) is 30.0 Å². The molecule has 10 heteroatoms. The van der Waals surface area contributed by atoms with Gasteiger partial charge in [-0.3, -0.25) is 4.99 Å². The number of aliphatic imine (C=N–C) groups is 1. The lowest BCUT2D eigenvalue weighted by molar-refractivity contribution is 0.179. The summed E-state index contributed by atoms with van der Waals surface area (Å²) in [5, 5.41) is 6.40. The molecule has 0 bridgehead atoms. The molecule has 0 amide bonds. The molecule has 8 nitrogen and oxygen atoms in total. The monoisotopic (exact) mass is 525 g/mol. The summed E-state index contributed by atoms with van der Waals surface area (Å²) in [6, 6.07) is 7.21. The van der Waals surface area contributed by atoms with Crippen LogP contribution in [0.3, 0.4) is 0 Å². The van der Waals surface area contributed by atoms with Gasteiger partial charge in [0.15, 0.2) is 5.96 Å². The summed E-state index contributed by atoms with van der Waals surface area (Å²) in [6.45, 7) is 5.41. The number of piperazine rings is 1. The van der Waals surface area contributed by atoms with E-state index in [4.69, 9.17) is 4.74 Å². The first-order chi connectivity index (χ1) is 12.9. The zero-order chi connectivity index (χ0) is 19.9. The van der Waals surface area contributed by atoms with Crippen LogP contribution in [0.1, 0.15) is 12.5 Å².